The van der Waals surface area contributed by atoms with Crippen LogP contribution in [-0.4, -0.2) is 37.6 Å². The molecule has 0 spiro atoms. The summed E-state index contributed by atoms with van der Waals surface area (Å²) in [5.74, 6) is -1.64. The lowest BCUT2D eigenvalue weighted by atomic mass is 9.97. The van der Waals surface area contributed by atoms with E-state index in [1.165, 1.54) is 29.4 Å². The van der Waals surface area contributed by atoms with Crippen molar-refractivity contribution in [3.63, 3.8) is 0 Å². The summed E-state index contributed by atoms with van der Waals surface area (Å²) in [6.07, 6.45) is 0.767. The molecule has 3 rings (SSSR count). The van der Waals surface area contributed by atoms with Crippen molar-refractivity contribution >= 4 is 33.2 Å². The Hall–Kier alpha value is -2.78. The van der Waals surface area contributed by atoms with Gasteiger partial charge in [0.25, 0.3) is 0 Å². The molecule has 0 aromatic heterocycles. The maximum Gasteiger partial charge on any atom is 0.243 e. The number of halogens is 1. The van der Waals surface area contributed by atoms with Crippen molar-refractivity contribution in [2.45, 2.75) is 45.4 Å². The molecule has 1 aliphatic heterocycles. The van der Waals surface area contributed by atoms with E-state index in [-0.39, 0.29) is 30.6 Å². The molecule has 2 aromatic rings. The quantitative estimate of drug-likeness (QED) is 0.709. The van der Waals surface area contributed by atoms with Gasteiger partial charge in [0.15, 0.2) is 0 Å². The van der Waals surface area contributed by atoms with Gasteiger partial charge in [0.1, 0.15) is 5.82 Å². The maximum atomic E-state index is 13.8. The minimum absolute atomic E-state index is 0.0138. The number of carbonyl (C=O) groups is 2. The monoisotopic (exact) mass is 461 g/mol. The molecule has 7 nitrogen and oxygen atoms in total. The minimum Gasteiger partial charge on any atom is -0.326 e. The molecule has 1 fully saturated rings. The Morgan fingerprint density at radius 2 is 1.59 bits per heavy atom. The number of amides is 2. The number of aryl methyl sites for hydroxylation is 3. The van der Waals surface area contributed by atoms with Gasteiger partial charge in [0, 0.05) is 31.6 Å². The number of anilines is 2. The highest BCUT2D eigenvalue weighted by atomic mass is 32.2. The van der Waals surface area contributed by atoms with Crippen LogP contribution in [0.4, 0.5) is 15.8 Å². The van der Waals surface area contributed by atoms with Crippen molar-refractivity contribution < 1.29 is 22.4 Å². The first-order valence-corrected chi connectivity index (χ1v) is 11.9. The molecule has 0 bridgehead atoms. The average Bonchev–Trinajstić information content (AvgIpc) is 2.69. The van der Waals surface area contributed by atoms with Crippen LogP contribution in [0.25, 0.3) is 0 Å². The second kappa shape index (κ2) is 9.38. The van der Waals surface area contributed by atoms with Gasteiger partial charge in [0.05, 0.1) is 10.6 Å². The van der Waals surface area contributed by atoms with Crippen LogP contribution in [0.2, 0.25) is 0 Å². The summed E-state index contributed by atoms with van der Waals surface area (Å²) >= 11 is 0. The van der Waals surface area contributed by atoms with Crippen LogP contribution < -0.4 is 10.6 Å². The van der Waals surface area contributed by atoms with Crippen LogP contribution >= 0.6 is 0 Å². The van der Waals surface area contributed by atoms with Crippen LogP contribution in [-0.2, 0) is 19.6 Å². The van der Waals surface area contributed by atoms with E-state index in [1.54, 1.807) is 13.8 Å². The Bertz CT molecular complexity index is 1130. The molecule has 0 unspecified atom stereocenters. The normalized spacial score (nSPS) is 15.4. The Morgan fingerprint density at radius 1 is 1.00 bits per heavy atom. The van der Waals surface area contributed by atoms with E-state index >= 15 is 0 Å². The molecule has 0 radical (unpaired) electrons. The van der Waals surface area contributed by atoms with Gasteiger partial charge in [-0.2, -0.15) is 4.31 Å². The number of piperidine rings is 1. The smallest absolute Gasteiger partial charge is 0.243 e. The largest absolute Gasteiger partial charge is 0.326 e. The second-order valence-electron chi connectivity index (χ2n) is 8.27. The summed E-state index contributed by atoms with van der Waals surface area (Å²) in [5, 5.41) is 5.12. The van der Waals surface area contributed by atoms with Crippen LogP contribution in [0, 0.1) is 32.5 Å². The highest BCUT2D eigenvalue weighted by molar-refractivity contribution is 7.89. The number of carbonyl (C=O) groups excluding carboxylic acids is 2. The molecule has 2 amide bonds. The van der Waals surface area contributed by atoms with Gasteiger partial charge >= 0.3 is 0 Å². The molecule has 2 N–H and O–H groups in total. The predicted octanol–water partition coefficient (Wildman–Crippen LogP) is 3.75. The average molecular weight is 462 g/mol. The van der Waals surface area contributed by atoms with Gasteiger partial charge in [-0.15, -0.1) is 0 Å². The topological polar surface area (TPSA) is 95.6 Å². The molecular formula is C23H28FN3O4S. The molecule has 0 atom stereocenters. The van der Waals surface area contributed by atoms with Crippen LogP contribution in [0.1, 0.15) is 36.5 Å². The Morgan fingerprint density at radius 3 is 2.16 bits per heavy atom. The highest BCUT2D eigenvalue weighted by Gasteiger charge is 2.33. The molecule has 0 aliphatic carbocycles. The SMILES string of the molecule is CC(=O)Nc1cc(NC(=O)C2CCN(S(=O)(=O)c3c(C)cc(C)cc3C)CC2)ccc1F. The first-order valence-electron chi connectivity index (χ1n) is 10.4. The van der Waals surface area contributed by atoms with E-state index in [0.717, 1.165) is 5.56 Å². The second-order valence-corrected chi connectivity index (χ2v) is 10.1. The number of hydrogen-bond donors (Lipinski definition) is 2. The van der Waals surface area contributed by atoms with Crippen LogP contribution in [0.15, 0.2) is 35.2 Å². The van der Waals surface area contributed by atoms with E-state index in [4.69, 9.17) is 0 Å². The van der Waals surface area contributed by atoms with E-state index in [1.807, 2.05) is 19.1 Å². The zero-order valence-corrected chi connectivity index (χ0v) is 19.5. The van der Waals surface area contributed by atoms with Crippen molar-refractivity contribution in [1.29, 1.82) is 0 Å². The standard InChI is InChI=1S/C23H28FN3O4S/c1-14-11-15(2)22(16(3)12-14)32(30,31)27-9-7-18(8-10-27)23(29)26-19-5-6-20(24)21(13-19)25-17(4)28/h5-6,11-13,18H,7-10H2,1-4H3,(H,25,28)(H,26,29). The molecular weight excluding hydrogens is 433 g/mol. The number of sulfonamides is 1. The third-order valence-electron chi connectivity index (χ3n) is 5.57. The number of nitrogens with one attached hydrogen (secondary N) is 2. The Kier molecular flexibility index (Phi) is 7.00. The fraction of sp³-hybridized carbons (Fsp3) is 0.391. The summed E-state index contributed by atoms with van der Waals surface area (Å²) in [7, 11) is -3.65. The number of nitrogens with zero attached hydrogens (tertiary/aromatic N) is 1. The van der Waals surface area contributed by atoms with Crippen molar-refractivity contribution in [3.05, 3.63) is 52.8 Å². The lowest BCUT2D eigenvalue weighted by Crippen LogP contribution is -2.41. The fourth-order valence-corrected chi connectivity index (χ4v) is 6.08. The van der Waals surface area contributed by atoms with E-state index in [0.29, 0.717) is 34.6 Å². The maximum absolute atomic E-state index is 13.8. The third-order valence-corrected chi connectivity index (χ3v) is 7.78. The van der Waals surface area contributed by atoms with Gasteiger partial charge in [-0.3, -0.25) is 9.59 Å². The summed E-state index contributed by atoms with van der Waals surface area (Å²) in [5.41, 5.74) is 2.79. The summed E-state index contributed by atoms with van der Waals surface area (Å²) in [6.45, 7) is 7.28. The van der Waals surface area contributed by atoms with E-state index in [9.17, 15) is 22.4 Å². The van der Waals surface area contributed by atoms with Gasteiger partial charge in [-0.1, -0.05) is 17.7 Å². The molecule has 172 valence electrons. The molecule has 1 heterocycles. The van der Waals surface area contributed by atoms with E-state index < -0.39 is 21.7 Å². The molecule has 2 aromatic carbocycles. The number of hydrogen-bond acceptors (Lipinski definition) is 4. The van der Waals surface area contributed by atoms with Crippen molar-refractivity contribution in [1.82, 2.24) is 4.31 Å². The highest BCUT2D eigenvalue weighted by Crippen LogP contribution is 2.29. The summed E-state index contributed by atoms with van der Waals surface area (Å²) < 4.78 is 41.7. The van der Waals surface area contributed by atoms with Gasteiger partial charge < -0.3 is 10.6 Å². The minimum atomic E-state index is -3.65. The summed E-state index contributed by atoms with van der Waals surface area (Å²) in [4.78, 5) is 24.2. The zero-order chi connectivity index (χ0) is 23.6. The lowest BCUT2D eigenvalue weighted by Gasteiger charge is -2.31. The Labute approximate surface area is 188 Å². The molecule has 9 heteroatoms. The number of benzene rings is 2. The molecule has 32 heavy (non-hydrogen) atoms. The summed E-state index contributed by atoms with van der Waals surface area (Å²) in [6, 6.07) is 7.66. The first kappa shape index (κ1) is 23.9. The Balaban J connectivity index is 1.67. The first-order chi connectivity index (χ1) is 15.0. The molecule has 0 saturated carbocycles. The molecule has 1 aliphatic rings. The fourth-order valence-electron chi connectivity index (χ4n) is 4.19. The van der Waals surface area contributed by atoms with Gasteiger partial charge in [0.2, 0.25) is 21.8 Å². The molecule has 1 saturated heterocycles. The van der Waals surface area contributed by atoms with Gasteiger partial charge in [-0.25, -0.2) is 12.8 Å². The van der Waals surface area contributed by atoms with Crippen LogP contribution in [0.5, 0.6) is 0 Å². The zero-order valence-electron chi connectivity index (χ0n) is 18.7. The van der Waals surface area contributed by atoms with Crippen molar-refractivity contribution in [2.75, 3.05) is 23.7 Å². The third kappa shape index (κ3) is 5.16. The van der Waals surface area contributed by atoms with Crippen LogP contribution in [0.3, 0.4) is 0 Å². The van der Waals surface area contributed by atoms with Crippen molar-refractivity contribution in [3.8, 4) is 0 Å². The van der Waals surface area contributed by atoms with E-state index in [2.05, 4.69) is 10.6 Å². The number of rotatable bonds is 5. The van der Waals surface area contributed by atoms with Gasteiger partial charge in [-0.05, 0) is 62.9 Å². The predicted molar refractivity (Wildman–Crippen MR) is 121 cm³/mol. The van der Waals surface area contributed by atoms with Crippen molar-refractivity contribution in [2.24, 2.45) is 5.92 Å². The lowest BCUT2D eigenvalue weighted by molar-refractivity contribution is -0.121.